The number of rotatable bonds is 6. The van der Waals surface area contributed by atoms with Crippen LogP contribution in [0, 0.1) is 10.1 Å². The van der Waals surface area contributed by atoms with Gasteiger partial charge >= 0.3 is 0 Å². The Kier molecular flexibility index (Phi) is 5.11. The summed E-state index contributed by atoms with van der Waals surface area (Å²) in [5, 5.41) is 17.5. The summed E-state index contributed by atoms with van der Waals surface area (Å²) in [5.41, 5.74) is 0.841. The molecule has 0 bridgehead atoms. The van der Waals surface area contributed by atoms with Gasteiger partial charge in [-0.05, 0) is 31.2 Å². The number of methoxy groups -OCH3 is 1. The zero-order valence-electron chi connectivity index (χ0n) is 14.6. The molecule has 1 amide bonds. The van der Waals surface area contributed by atoms with Gasteiger partial charge < -0.3 is 14.6 Å². The van der Waals surface area contributed by atoms with E-state index in [2.05, 4.69) is 15.5 Å². The molecule has 0 spiro atoms. The summed E-state index contributed by atoms with van der Waals surface area (Å²) in [7, 11) is 1.55. The molecule has 0 aliphatic heterocycles. The molecule has 0 aliphatic rings. The van der Waals surface area contributed by atoms with Crippen LogP contribution in [0.5, 0.6) is 5.75 Å². The summed E-state index contributed by atoms with van der Waals surface area (Å²) < 4.78 is 10.2. The lowest BCUT2D eigenvalue weighted by molar-refractivity contribution is -0.384. The van der Waals surface area contributed by atoms with Gasteiger partial charge in [0, 0.05) is 23.3 Å². The summed E-state index contributed by atoms with van der Waals surface area (Å²) >= 11 is 0. The third-order valence-electron chi connectivity index (χ3n) is 3.83. The molecule has 1 heterocycles. The molecular formula is C18H16N4O5. The average molecular weight is 368 g/mol. The van der Waals surface area contributed by atoms with Crippen molar-refractivity contribution < 1.29 is 19.0 Å². The highest BCUT2D eigenvalue weighted by atomic mass is 16.6. The van der Waals surface area contributed by atoms with Crippen molar-refractivity contribution in [1.29, 1.82) is 0 Å². The highest BCUT2D eigenvalue weighted by Crippen LogP contribution is 2.23. The molecule has 2 aromatic carbocycles. The minimum Gasteiger partial charge on any atom is -0.497 e. The average Bonchev–Trinajstić information content (AvgIpc) is 3.18. The maximum atomic E-state index is 12.3. The quantitative estimate of drug-likeness (QED) is 0.524. The van der Waals surface area contributed by atoms with E-state index in [4.69, 9.17) is 9.26 Å². The lowest BCUT2D eigenvalue weighted by Crippen LogP contribution is -2.26. The molecule has 1 N–H and O–H groups in total. The summed E-state index contributed by atoms with van der Waals surface area (Å²) in [4.78, 5) is 26.9. The number of amides is 1. The Morgan fingerprint density at radius 2 is 2.00 bits per heavy atom. The molecule has 27 heavy (non-hydrogen) atoms. The van der Waals surface area contributed by atoms with Crippen molar-refractivity contribution in [1.82, 2.24) is 15.5 Å². The van der Waals surface area contributed by atoms with E-state index in [1.165, 1.54) is 12.1 Å². The van der Waals surface area contributed by atoms with E-state index in [0.29, 0.717) is 16.9 Å². The van der Waals surface area contributed by atoms with Crippen molar-refractivity contribution in [2.75, 3.05) is 7.11 Å². The fraction of sp³-hybridized carbons (Fsp3) is 0.167. The zero-order valence-corrected chi connectivity index (χ0v) is 14.6. The molecular weight excluding hydrogens is 352 g/mol. The smallest absolute Gasteiger partial charge is 0.270 e. The maximum absolute atomic E-state index is 12.3. The number of nitro benzene ring substituents is 1. The van der Waals surface area contributed by atoms with Crippen LogP contribution in [-0.2, 0) is 0 Å². The van der Waals surface area contributed by atoms with Crippen molar-refractivity contribution >= 4 is 11.6 Å². The third kappa shape index (κ3) is 4.09. The van der Waals surface area contributed by atoms with Crippen LogP contribution in [0.4, 0.5) is 5.69 Å². The fourth-order valence-electron chi connectivity index (χ4n) is 2.37. The molecule has 0 fully saturated rings. The number of carbonyl (C=O) groups excluding carboxylic acids is 1. The van der Waals surface area contributed by atoms with Gasteiger partial charge in [-0.1, -0.05) is 17.3 Å². The van der Waals surface area contributed by atoms with E-state index in [-0.39, 0.29) is 23.3 Å². The Hall–Kier alpha value is -3.75. The maximum Gasteiger partial charge on any atom is 0.270 e. The number of nitro groups is 1. The number of carbonyl (C=O) groups is 1. The summed E-state index contributed by atoms with van der Waals surface area (Å²) in [5.74, 6) is 0.746. The predicted octanol–water partition coefficient (Wildman–Crippen LogP) is 3.14. The van der Waals surface area contributed by atoms with Gasteiger partial charge in [-0.25, -0.2) is 0 Å². The van der Waals surface area contributed by atoms with Crippen LogP contribution >= 0.6 is 0 Å². The Balaban J connectivity index is 1.72. The molecule has 0 saturated carbocycles. The number of non-ortho nitro benzene ring substituents is 1. The molecule has 138 valence electrons. The SMILES string of the molecule is COc1ccc(C(=O)N[C@@H](C)c2nc(-c3cccc([N+](=O)[O-])c3)no2)cc1. The molecule has 0 unspecified atom stereocenters. The Bertz CT molecular complexity index is 968. The van der Waals surface area contributed by atoms with E-state index in [1.807, 2.05) is 0 Å². The third-order valence-corrected chi connectivity index (χ3v) is 3.83. The fourth-order valence-corrected chi connectivity index (χ4v) is 2.37. The Morgan fingerprint density at radius 3 is 2.67 bits per heavy atom. The van der Waals surface area contributed by atoms with Crippen LogP contribution < -0.4 is 10.1 Å². The second-order valence-electron chi connectivity index (χ2n) is 5.69. The van der Waals surface area contributed by atoms with Gasteiger partial charge in [-0.15, -0.1) is 0 Å². The lowest BCUT2D eigenvalue weighted by Gasteiger charge is -2.10. The van der Waals surface area contributed by atoms with Gasteiger partial charge in [-0.2, -0.15) is 4.98 Å². The summed E-state index contributed by atoms with van der Waals surface area (Å²) in [6.45, 7) is 1.70. The van der Waals surface area contributed by atoms with Crippen molar-refractivity contribution in [3.63, 3.8) is 0 Å². The van der Waals surface area contributed by atoms with Crippen molar-refractivity contribution in [3.05, 3.63) is 70.1 Å². The number of nitrogens with zero attached hydrogens (tertiary/aromatic N) is 3. The first-order valence-corrected chi connectivity index (χ1v) is 8.01. The first-order valence-electron chi connectivity index (χ1n) is 8.01. The number of hydrogen-bond donors (Lipinski definition) is 1. The van der Waals surface area contributed by atoms with Crippen LogP contribution in [-0.4, -0.2) is 28.1 Å². The second-order valence-corrected chi connectivity index (χ2v) is 5.69. The molecule has 3 rings (SSSR count). The van der Waals surface area contributed by atoms with E-state index < -0.39 is 11.0 Å². The van der Waals surface area contributed by atoms with Gasteiger partial charge in [-0.3, -0.25) is 14.9 Å². The van der Waals surface area contributed by atoms with Crippen LogP contribution in [0.1, 0.15) is 29.2 Å². The highest BCUT2D eigenvalue weighted by molar-refractivity contribution is 5.94. The van der Waals surface area contributed by atoms with Gasteiger partial charge in [0.25, 0.3) is 11.6 Å². The van der Waals surface area contributed by atoms with Crippen LogP contribution in [0.3, 0.4) is 0 Å². The molecule has 0 saturated heterocycles. The molecule has 0 radical (unpaired) electrons. The second kappa shape index (κ2) is 7.65. The van der Waals surface area contributed by atoms with Crippen molar-refractivity contribution in [3.8, 4) is 17.1 Å². The molecule has 3 aromatic rings. The van der Waals surface area contributed by atoms with E-state index >= 15 is 0 Å². The first kappa shape index (κ1) is 18.1. The molecule has 9 heteroatoms. The first-order chi connectivity index (χ1) is 13.0. The summed E-state index contributed by atoms with van der Waals surface area (Å²) in [6, 6.07) is 12.0. The van der Waals surface area contributed by atoms with E-state index in [1.54, 1.807) is 50.4 Å². The number of ether oxygens (including phenoxy) is 1. The molecule has 1 aromatic heterocycles. The number of hydrogen-bond acceptors (Lipinski definition) is 7. The minimum atomic E-state index is -0.542. The number of benzene rings is 2. The number of nitrogens with one attached hydrogen (secondary N) is 1. The van der Waals surface area contributed by atoms with Crippen molar-refractivity contribution in [2.45, 2.75) is 13.0 Å². The topological polar surface area (TPSA) is 120 Å². The van der Waals surface area contributed by atoms with E-state index in [0.717, 1.165) is 0 Å². The van der Waals surface area contributed by atoms with Crippen LogP contribution in [0.2, 0.25) is 0 Å². The van der Waals surface area contributed by atoms with Crippen LogP contribution in [0.25, 0.3) is 11.4 Å². The molecule has 1 atom stereocenters. The van der Waals surface area contributed by atoms with Gasteiger partial charge in [0.2, 0.25) is 11.7 Å². The van der Waals surface area contributed by atoms with Gasteiger partial charge in [0.05, 0.1) is 12.0 Å². The van der Waals surface area contributed by atoms with E-state index in [9.17, 15) is 14.9 Å². The Labute approximate surface area is 154 Å². The largest absolute Gasteiger partial charge is 0.497 e. The zero-order chi connectivity index (χ0) is 19.4. The normalized spacial score (nSPS) is 11.6. The predicted molar refractivity (Wildman–Crippen MR) is 95.3 cm³/mol. The lowest BCUT2D eigenvalue weighted by atomic mass is 10.2. The molecule has 9 nitrogen and oxygen atoms in total. The summed E-state index contributed by atoms with van der Waals surface area (Å²) in [6.07, 6.45) is 0. The van der Waals surface area contributed by atoms with Crippen molar-refractivity contribution in [2.24, 2.45) is 0 Å². The Morgan fingerprint density at radius 1 is 1.26 bits per heavy atom. The standard InChI is InChI=1S/C18H16N4O5/c1-11(19-17(23)12-6-8-15(26-2)9-7-12)18-20-16(21-27-18)13-4-3-5-14(10-13)22(24)25/h3-11H,1-2H3,(H,19,23)/t11-/m0/s1. The monoisotopic (exact) mass is 368 g/mol. The highest BCUT2D eigenvalue weighted by Gasteiger charge is 2.19. The van der Waals surface area contributed by atoms with Gasteiger partial charge in [0.15, 0.2) is 0 Å². The van der Waals surface area contributed by atoms with Gasteiger partial charge in [0.1, 0.15) is 11.8 Å². The minimum absolute atomic E-state index is 0.0697. The number of aromatic nitrogens is 2. The molecule has 0 aliphatic carbocycles. The van der Waals surface area contributed by atoms with Crippen LogP contribution in [0.15, 0.2) is 53.1 Å².